The lowest BCUT2D eigenvalue weighted by Gasteiger charge is -2.20. The molecule has 3 aromatic rings. The molecule has 1 atom stereocenters. The van der Waals surface area contributed by atoms with E-state index in [1.807, 2.05) is 36.4 Å². The fourth-order valence-corrected chi connectivity index (χ4v) is 3.58. The number of aliphatic imine (C=N–C) groups is 1. The molecule has 2 N–H and O–H groups in total. The van der Waals surface area contributed by atoms with Gasteiger partial charge in [-0.3, -0.25) is 9.79 Å². The summed E-state index contributed by atoms with van der Waals surface area (Å²) < 4.78 is 0. The third-order valence-electron chi connectivity index (χ3n) is 5.40. The molecular weight excluding hydrogens is 396 g/mol. The Morgan fingerprint density at radius 3 is 2.06 bits per heavy atom. The number of guanidine groups is 1. The topological polar surface area (TPSA) is 56.7 Å². The van der Waals surface area contributed by atoms with Crippen LogP contribution in [0.2, 0.25) is 0 Å². The van der Waals surface area contributed by atoms with Gasteiger partial charge in [-0.1, -0.05) is 72.8 Å². The Bertz CT molecular complexity index is 999. The Morgan fingerprint density at radius 1 is 0.844 bits per heavy atom. The molecule has 0 fully saturated rings. The molecule has 166 valence electrons. The zero-order valence-electron chi connectivity index (χ0n) is 19.1. The number of rotatable bonds is 8. The van der Waals surface area contributed by atoms with E-state index in [-0.39, 0.29) is 5.91 Å². The smallest absolute Gasteiger partial charge is 0.253 e. The van der Waals surface area contributed by atoms with Crippen molar-refractivity contribution in [1.82, 2.24) is 15.5 Å². The van der Waals surface area contributed by atoms with Crippen molar-refractivity contribution in [3.8, 4) is 0 Å². The highest BCUT2D eigenvalue weighted by atomic mass is 16.2. The number of nitrogens with one attached hydrogen (secondary N) is 2. The molecule has 0 saturated carbocycles. The molecule has 1 unspecified atom stereocenters. The molecule has 5 nitrogen and oxygen atoms in total. The van der Waals surface area contributed by atoms with Crippen molar-refractivity contribution in [2.75, 3.05) is 27.7 Å². The second-order valence-corrected chi connectivity index (χ2v) is 8.00. The molecule has 0 aliphatic rings. The molecular formula is C27H32N4O. The minimum absolute atomic E-state index is 0.00681. The van der Waals surface area contributed by atoms with E-state index in [0.717, 1.165) is 24.5 Å². The van der Waals surface area contributed by atoms with Crippen LogP contribution in [0.1, 0.15) is 33.0 Å². The van der Waals surface area contributed by atoms with Crippen LogP contribution in [0.25, 0.3) is 0 Å². The summed E-state index contributed by atoms with van der Waals surface area (Å²) in [5.41, 5.74) is 4.40. The summed E-state index contributed by atoms with van der Waals surface area (Å²) in [5.74, 6) is 1.09. The molecule has 0 aliphatic carbocycles. The molecule has 1 amide bonds. The minimum Gasteiger partial charge on any atom is -0.356 e. The normalized spacial score (nSPS) is 12.2. The Hall–Kier alpha value is -3.60. The summed E-state index contributed by atoms with van der Waals surface area (Å²) in [7, 11) is 5.30. The zero-order valence-corrected chi connectivity index (χ0v) is 19.1. The van der Waals surface area contributed by atoms with Crippen molar-refractivity contribution >= 4 is 11.9 Å². The van der Waals surface area contributed by atoms with Gasteiger partial charge in [-0.15, -0.1) is 0 Å². The fourth-order valence-electron chi connectivity index (χ4n) is 3.58. The Morgan fingerprint density at radius 2 is 1.47 bits per heavy atom. The summed E-state index contributed by atoms with van der Waals surface area (Å²) in [6.07, 6.45) is 0.955. The van der Waals surface area contributed by atoms with Gasteiger partial charge in [0.05, 0.1) is 0 Å². The number of carbonyl (C=O) groups excluding carboxylic acids is 1. The van der Waals surface area contributed by atoms with Crippen LogP contribution in [0, 0.1) is 0 Å². The maximum Gasteiger partial charge on any atom is 0.253 e. The monoisotopic (exact) mass is 428 g/mol. The van der Waals surface area contributed by atoms with E-state index in [2.05, 4.69) is 64.2 Å². The molecule has 0 aromatic heterocycles. The standard InChI is InChI=1S/C27H32N4O/c1-28-27(29-19-22-14-16-24(17-15-22)26(32)31(2)3)30-20-25(23-12-8-5-9-13-23)18-21-10-6-4-7-11-21/h4-17,25H,18-20H2,1-3H3,(H2,28,29,30). The average Bonchev–Trinajstić information content (AvgIpc) is 2.84. The van der Waals surface area contributed by atoms with Gasteiger partial charge in [0.25, 0.3) is 5.91 Å². The van der Waals surface area contributed by atoms with Crippen LogP contribution in [0.4, 0.5) is 0 Å². The Labute approximate surface area is 191 Å². The predicted octanol–water partition coefficient (Wildman–Crippen LogP) is 4.08. The quantitative estimate of drug-likeness (QED) is 0.420. The molecule has 0 spiro atoms. The fraction of sp³-hybridized carbons (Fsp3) is 0.259. The van der Waals surface area contributed by atoms with E-state index in [4.69, 9.17) is 0 Å². The molecule has 0 saturated heterocycles. The highest BCUT2D eigenvalue weighted by molar-refractivity contribution is 5.93. The van der Waals surface area contributed by atoms with Gasteiger partial charge in [0, 0.05) is 45.7 Å². The number of nitrogens with zero attached hydrogens (tertiary/aromatic N) is 2. The van der Waals surface area contributed by atoms with Crippen LogP contribution in [-0.4, -0.2) is 44.5 Å². The number of carbonyl (C=O) groups is 1. The SMILES string of the molecule is CN=C(NCc1ccc(C(=O)N(C)C)cc1)NCC(Cc1ccccc1)c1ccccc1. The van der Waals surface area contributed by atoms with Gasteiger partial charge >= 0.3 is 0 Å². The van der Waals surface area contributed by atoms with Crippen LogP contribution in [-0.2, 0) is 13.0 Å². The number of amides is 1. The average molecular weight is 429 g/mol. The lowest BCUT2D eigenvalue weighted by atomic mass is 9.92. The van der Waals surface area contributed by atoms with Crippen molar-refractivity contribution in [2.24, 2.45) is 4.99 Å². The van der Waals surface area contributed by atoms with Gasteiger partial charge in [-0.2, -0.15) is 0 Å². The van der Waals surface area contributed by atoms with Gasteiger partial charge in [0.1, 0.15) is 0 Å². The molecule has 3 rings (SSSR count). The van der Waals surface area contributed by atoms with E-state index < -0.39 is 0 Å². The molecule has 0 bridgehead atoms. The summed E-state index contributed by atoms with van der Waals surface area (Å²) in [6, 6.07) is 28.8. The van der Waals surface area contributed by atoms with E-state index in [1.54, 1.807) is 26.0 Å². The lowest BCUT2D eigenvalue weighted by molar-refractivity contribution is 0.0827. The Balaban J connectivity index is 1.59. The molecule has 0 heterocycles. The zero-order chi connectivity index (χ0) is 22.8. The van der Waals surface area contributed by atoms with Crippen molar-refractivity contribution in [1.29, 1.82) is 0 Å². The predicted molar refractivity (Wildman–Crippen MR) is 132 cm³/mol. The van der Waals surface area contributed by atoms with Crippen LogP contribution < -0.4 is 10.6 Å². The Kier molecular flexibility index (Phi) is 8.44. The third kappa shape index (κ3) is 6.71. The second-order valence-electron chi connectivity index (χ2n) is 8.00. The molecule has 5 heteroatoms. The van der Waals surface area contributed by atoms with Crippen LogP contribution in [0.5, 0.6) is 0 Å². The highest BCUT2D eigenvalue weighted by Gasteiger charge is 2.13. The summed E-state index contributed by atoms with van der Waals surface area (Å²) in [4.78, 5) is 18.0. The summed E-state index contributed by atoms with van der Waals surface area (Å²) in [6.45, 7) is 1.40. The van der Waals surface area contributed by atoms with Crippen LogP contribution in [0.15, 0.2) is 89.9 Å². The van der Waals surface area contributed by atoms with Gasteiger partial charge in [0.2, 0.25) is 0 Å². The van der Waals surface area contributed by atoms with Gasteiger partial charge in [-0.25, -0.2) is 0 Å². The number of hydrogen-bond acceptors (Lipinski definition) is 2. The van der Waals surface area contributed by atoms with Crippen molar-refractivity contribution in [3.05, 3.63) is 107 Å². The van der Waals surface area contributed by atoms with Crippen molar-refractivity contribution in [2.45, 2.75) is 18.9 Å². The maximum absolute atomic E-state index is 12.0. The molecule has 0 aliphatic heterocycles. The molecule has 3 aromatic carbocycles. The first kappa shape index (κ1) is 23.1. The van der Waals surface area contributed by atoms with Gasteiger partial charge in [-0.05, 0) is 35.2 Å². The number of hydrogen-bond donors (Lipinski definition) is 2. The first-order valence-electron chi connectivity index (χ1n) is 10.9. The van der Waals surface area contributed by atoms with Crippen molar-refractivity contribution in [3.63, 3.8) is 0 Å². The van der Waals surface area contributed by atoms with E-state index >= 15 is 0 Å². The van der Waals surface area contributed by atoms with Crippen LogP contribution in [0.3, 0.4) is 0 Å². The third-order valence-corrected chi connectivity index (χ3v) is 5.40. The first-order valence-corrected chi connectivity index (χ1v) is 10.9. The van der Waals surface area contributed by atoms with E-state index in [9.17, 15) is 4.79 Å². The van der Waals surface area contributed by atoms with Gasteiger partial charge < -0.3 is 15.5 Å². The lowest BCUT2D eigenvalue weighted by Crippen LogP contribution is -2.39. The van der Waals surface area contributed by atoms with E-state index in [0.29, 0.717) is 18.0 Å². The summed E-state index contributed by atoms with van der Waals surface area (Å²) in [5, 5.41) is 6.85. The molecule has 0 radical (unpaired) electrons. The number of benzene rings is 3. The van der Waals surface area contributed by atoms with Gasteiger partial charge in [0.15, 0.2) is 5.96 Å². The first-order chi connectivity index (χ1) is 15.6. The van der Waals surface area contributed by atoms with E-state index in [1.165, 1.54) is 11.1 Å². The summed E-state index contributed by atoms with van der Waals surface area (Å²) >= 11 is 0. The molecule has 32 heavy (non-hydrogen) atoms. The van der Waals surface area contributed by atoms with Crippen molar-refractivity contribution < 1.29 is 4.79 Å². The second kappa shape index (κ2) is 11.7. The minimum atomic E-state index is 0.00681. The highest BCUT2D eigenvalue weighted by Crippen LogP contribution is 2.20. The van der Waals surface area contributed by atoms with Crippen LogP contribution >= 0.6 is 0 Å². The largest absolute Gasteiger partial charge is 0.356 e. The maximum atomic E-state index is 12.0.